The van der Waals surface area contributed by atoms with Crippen molar-refractivity contribution >= 4 is 0 Å². The molecule has 0 amide bonds. The fraction of sp³-hybridized carbons (Fsp3) is 0.600. The van der Waals surface area contributed by atoms with Crippen LogP contribution in [0.4, 0.5) is 0 Å². The summed E-state index contributed by atoms with van der Waals surface area (Å²) in [5.74, 6) is 8.03. The zero-order chi connectivity index (χ0) is 13.6. The molecule has 4 bridgehead atoms. The minimum Gasteiger partial charge on any atom is -0.381 e. The lowest BCUT2D eigenvalue weighted by Gasteiger charge is -2.63. The summed E-state index contributed by atoms with van der Waals surface area (Å²) in [6.45, 7) is 2.04. The Kier molecular flexibility index (Phi) is 2.08. The monoisotopic (exact) mass is 278 g/mol. The van der Waals surface area contributed by atoms with Crippen LogP contribution in [0.25, 0.3) is 0 Å². The highest BCUT2D eigenvalue weighted by molar-refractivity contribution is 5.32. The standard InChI is InChI=1S/C20H22O/c1-2-4-12-11(3-1)13-5-6-14(12)20-16-8-7-15(19(13)20)17-9-21-10-18(16)17/h1-8,11-20H,9-10H2/t11-,12+,13-,14+,15+,16-,17-,18+,19+,20-. The van der Waals surface area contributed by atoms with Gasteiger partial charge in [0, 0.05) is 0 Å². The van der Waals surface area contributed by atoms with Crippen molar-refractivity contribution in [1.82, 2.24) is 0 Å². The van der Waals surface area contributed by atoms with Crippen LogP contribution in [0.1, 0.15) is 0 Å². The Morgan fingerprint density at radius 1 is 0.524 bits per heavy atom. The van der Waals surface area contributed by atoms with Gasteiger partial charge >= 0.3 is 0 Å². The predicted molar refractivity (Wildman–Crippen MR) is 82.3 cm³/mol. The van der Waals surface area contributed by atoms with Crippen LogP contribution in [-0.2, 0) is 4.74 Å². The van der Waals surface area contributed by atoms with Gasteiger partial charge in [0.25, 0.3) is 0 Å². The summed E-state index contributed by atoms with van der Waals surface area (Å²) >= 11 is 0. The first-order chi connectivity index (χ1) is 10.4. The van der Waals surface area contributed by atoms with E-state index in [1.807, 2.05) is 0 Å². The molecule has 0 aromatic heterocycles. The Balaban J connectivity index is 1.50. The maximum Gasteiger partial charge on any atom is 0.0503 e. The highest BCUT2D eigenvalue weighted by Crippen LogP contribution is 2.65. The predicted octanol–water partition coefficient (Wildman–Crippen LogP) is 3.47. The molecule has 0 radical (unpaired) electrons. The van der Waals surface area contributed by atoms with Gasteiger partial charge in [-0.2, -0.15) is 0 Å². The van der Waals surface area contributed by atoms with Gasteiger partial charge < -0.3 is 4.74 Å². The maximum absolute atomic E-state index is 5.90. The van der Waals surface area contributed by atoms with Gasteiger partial charge in [-0.05, 0) is 59.2 Å². The van der Waals surface area contributed by atoms with Gasteiger partial charge in [0.15, 0.2) is 0 Å². The van der Waals surface area contributed by atoms with E-state index in [1.54, 1.807) is 0 Å². The van der Waals surface area contributed by atoms with E-state index in [4.69, 9.17) is 4.74 Å². The Morgan fingerprint density at radius 3 is 1.52 bits per heavy atom. The van der Waals surface area contributed by atoms with Gasteiger partial charge in [-0.1, -0.05) is 48.6 Å². The lowest BCUT2D eigenvalue weighted by atomic mass is 9.41. The molecule has 0 aromatic rings. The number of hydrogen-bond donors (Lipinski definition) is 0. The maximum atomic E-state index is 5.90. The van der Waals surface area contributed by atoms with Crippen molar-refractivity contribution < 1.29 is 4.74 Å². The van der Waals surface area contributed by atoms with Crippen molar-refractivity contribution in [3.05, 3.63) is 48.6 Å². The summed E-state index contributed by atoms with van der Waals surface area (Å²) in [5.41, 5.74) is 0. The van der Waals surface area contributed by atoms with Gasteiger partial charge in [0.2, 0.25) is 0 Å². The molecule has 1 nitrogen and oxygen atoms in total. The molecule has 1 heteroatoms. The summed E-state index contributed by atoms with van der Waals surface area (Å²) in [4.78, 5) is 0. The normalized spacial score (nSPS) is 61.0. The average Bonchev–Trinajstić information content (AvgIpc) is 3.07. The quantitative estimate of drug-likeness (QED) is 0.617. The molecule has 1 saturated heterocycles. The molecule has 3 fully saturated rings. The van der Waals surface area contributed by atoms with Gasteiger partial charge in [0.1, 0.15) is 0 Å². The van der Waals surface area contributed by atoms with Crippen molar-refractivity contribution in [2.24, 2.45) is 59.2 Å². The molecule has 2 saturated carbocycles. The second kappa shape index (κ2) is 3.81. The van der Waals surface area contributed by atoms with Gasteiger partial charge in [-0.15, -0.1) is 0 Å². The molecule has 7 aliphatic carbocycles. The molecule has 0 spiro atoms. The highest BCUT2D eigenvalue weighted by Gasteiger charge is 2.62. The molecule has 8 rings (SSSR count). The molecule has 10 atom stereocenters. The SMILES string of the molecule is C1=C[C@@H]2[C@H](C=C1)[C@@H]1C=C[C@H]2[C@H]2[C@H]3C=C[C@H]([C@@H]4COC[C@H]34)[C@@H]12. The lowest BCUT2D eigenvalue weighted by molar-refractivity contribution is -0.0773. The van der Waals surface area contributed by atoms with Gasteiger partial charge in [-0.25, -0.2) is 0 Å². The molecule has 0 N–H and O–H groups in total. The van der Waals surface area contributed by atoms with Gasteiger partial charge in [-0.3, -0.25) is 0 Å². The smallest absolute Gasteiger partial charge is 0.0503 e. The topological polar surface area (TPSA) is 9.23 Å². The highest BCUT2D eigenvalue weighted by atomic mass is 16.5. The molecular formula is C20H22O. The van der Waals surface area contributed by atoms with Crippen molar-refractivity contribution in [3.8, 4) is 0 Å². The van der Waals surface area contributed by atoms with E-state index < -0.39 is 0 Å². The summed E-state index contributed by atoms with van der Waals surface area (Å²) in [6, 6.07) is 0. The van der Waals surface area contributed by atoms with E-state index in [9.17, 15) is 0 Å². The van der Waals surface area contributed by atoms with E-state index in [-0.39, 0.29) is 0 Å². The number of rotatable bonds is 0. The third-order valence-corrected chi connectivity index (χ3v) is 7.60. The molecule has 21 heavy (non-hydrogen) atoms. The molecule has 0 unspecified atom stereocenters. The van der Waals surface area contributed by atoms with Crippen LogP contribution in [0.15, 0.2) is 48.6 Å². The first-order valence-corrected chi connectivity index (χ1v) is 8.73. The van der Waals surface area contributed by atoms with Crippen LogP contribution >= 0.6 is 0 Å². The Bertz CT molecular complexity index is 547. The second-order valence-electron chi connectivity index (χ2n) is 8.02. The fourth-order valence-electron chi connectivity index (χ4n) is 6.98. The van der Waals surface area contributed by atoms with Crippen LogP contribution < -0.4 is 0 Å². The first-order valence-electron chi connectivity index (χ1n) is 8.73. The average molecular weight is 278 g/mol. The van der Waals surface area contributed by atoms with Crippen LogP contribution in [0.2, 0.25) is 0 Å². The second-order valence-corrected chi connectivity index (χ2v) is 8.02. The first kappa shape index (κ1) is 11.5. The Labute approximate surface area is 126 Å². The minimum atomic E-state index is 0.764. The largest absolute Gasteiger partial charge is 0.381 e. The number of allylic oxidation sites excluding steroid dienone is 8. The molecule has 0 aromatic carbocycles. The van der Waals surface area contributed by atoms with Gasteiger partial charge in [0.05, 0.1) is 13.2 Å². The van der Waals surface area contributed by atoms with E-state index in [0.717, 1.165) is 72.4 Å². The Morgan fingerprint density at radius 2 is 1.00 bits per heavy atom. The van der Waals surface area contributed by atoms with Crippen molar-refractivity contribution in [1.29, 1.82) is 0 Å². The molecule has 108 valence electrons. The third-order valence-electron chi connectivity index (χ3n) is 7.60. The third kappa shape index (κ3) is 1.25. The Hall–Kier alpha value is -1.08. The van der Waals surface area contributed by atoms with Crippen molar-refractivity contribution in [3.63, 3.8) is 0 Å². The summed E-state index contributed by atoms with van der Waals surface area (Å²) < 4.78 is 5.90. The van der Waals surface area contributed by atoms with E-state index in [2.05, 4.69) is 48.6 Å². The van der Waals surface area contributed by atoms with Crippen LogP contribution in [-0.4, -0.2) is 13.2 Å². The van der Waals surface area contributed by atoms with E-state index in [1.165, 1.54) is 0 Å². The van der Waals surface area contributed by atoms with Crippen LogP contribution in [0.3, 0.4) is 0 Å². The van der Waals surface area contributed by atoms with Crippen molar-refractivity contribution in [2.75, 3.05) is 13.2 Å². The van der Waals surface area contributed by atoms with E-state index in [0.29, 0.717) is 0 Å². The molecule has 1 aliphatic heterocycles. The molecule has 1 heterocycles. The number of hydrogen-bond acceptors (Lipinski definition) is 1. The number of ether oxygens (including phenoxy) is 1. The molecule has 8 aliphatic rings. The van der Waals surface area contributed by atoms with E-state index >= 15 is 0 Å². The van der Waals surface area contributed by atoms with Crippen LogP contribution in [0.5, 0.6) is 0 Å². The zero-order valence-corrected chi connectivity index (χ0v) is 12.2. The summed E-state index contributed by atoms with van der Waals surface area (Å²) in [6.07, 6.45) is 19.9. The van der Waals surface area contributed by atoms with Crippen molar-refractivity contribution in [2.45, 2.75) is 0 Å². The zero-order valence-electron chi connectivity index (χ0n) is 12.2. The summed E-state index contributed by atoms with van der Waals surface area (Å²) in [7, 11) is 0. The lowest BCUT2D eigenvalue weighted by Crippen LogP contribution is -2.59. The fourth-order valence-corrected chi connectivity index (χ4v) is 6.98. The van der Waals surface area contributed by atoms with Crippen LogP contribution in [0, 0.1) is 59.2 Å². The minimum absolute atomic E-state index is 0.764. The molecular weight excluding hydrogens is 256 g/mol. The summed E-state index contributed by atoms with van der Waals surface area (Å²) in [5, 5.41) is 0.